The van der Waals surface area contributed by atoms with Crippen molar-refractivity contribution in [1.82, 2.24) is 15.2 Å². The number of amides is 2. The first-order valence-electron chi connectivity index (χ1n) is 11.8. The molecular weight excluding hydrogens is 398 g/mol. The average molecular weight is 444 g/mol. The number of rotatable bonds is 6. The quantitative estimate of drug-likeness (QED) is 0.473. The van der Waals surface area contributed by atoms with Crippen molar-refractivity contribution in [3.63, 3.8) is 0 Å². The Morgan fingerprint density at radius 2 is 1.62 bits per heavy atom. The molecule has 180 valence electrons. The van der Waals surface area contributed by atoms with E-state index in [0.717, 1.165) is 28.0 Å². The van der Waals surface area contributed by atoms with Crippen LogP contribution in [0.4, 0.5) is 4.79 Å². The summed E-state index contributed by atoms with van der Waals surface area (Å²) in [6.45, 7) is 24.7. The molecule has 32 heavy (non-hydrogen) atoms. The Morgan fingerprint density at radius 1 is 1.06 bits per heavy atom. The van der Waals surface area contributed by atoms with Gasteiger partial charge in [-0.15, -0.1) is 0 Å². The molecule has 1 aromatic rings. The van der Waals surface area contributed by atoms with E-state index in [4.69, 9.17) is 0 Å². The largest absolute Gasteiger partial charge is 0.322 e. The van der Waals surface area contributed by atoms with Gasteiger partial charge in [-0.1, -0.05) is 61.1 Å². The van der Waals surface area contributed by atoms with Crippen LogP contribution in [0.2, 0.25) is 0 Å². The molecule has 1 aliphatic rings. The smallest absolute Gasteiger partial charge is 0.316 e. The van der Waals surface area contributed by atoms with Crippen LogP contribution >= 0.6 is 0 Å². The molecule has 0 spiro atoms. The van der Waals surface area contributed by atoms with Crippen LogP contribution in [0.5, 0.6) is 0 Å². The first kappa shape index (κ1) is 31.5. The number of Topliss-reactive ketones (excluding diaryl/α,β-unsaturated/α-hetero) is 1. The van der Waals surface area contributed by atoms with E-state index < -0.39 is 0 Å². The lowest BCUT2D eigenvalue weighted by atomic mass is 9.92. The van der Waals surface area contributed by atoms with Gasteiger partial charge in [-0.2, -0.15) is 0 Å². The monoisotopic (exact) mass is 443 g/mol. The highest BCUT2D eigenvalue weighted by molar-refractivity contribution is 5.77. The molecule has 2 rings (SSSR count). The Hall–Kier alpha value is -2.69. The Morgan fingerprint density at radius 3 is 2.16 bits per heavy atom. The number of carbonyl (C=O) groups excluding carboxylic acids is 2. The third-order valence-corrected chi connectivity index (χ3v) is 4.60. The van der Waals surface area contributed by atoms with Gasteiger partial charge in [0.1, 0.15) is 5.78 Å². The molecule has 0 fully saturated rings. The summed E-state index contributed by atoms with van der Waals surface area (Å²) in [5.74, 6) is 0.274. The molecule has 0 bridgehead atoms. The van der Waals surface area contributed by atoms with Crippen LogP contribution in [0.25, 0.3) is 0 Å². The van der Waals surface area contributed by atoms with E-state index in [0.29, 0.717) is 19.5 Å². The van der Waals surface area contributed by atoms with Crippen molar-refractivity contribution in [2.75, 3.05) is 0 Å². The maximum Gasteiger partial charge on any atom is 0.322 e. The van der Waals surface area contributed by atoms with Gasteiger partial charge in [-0.05, 0) is 61.1 Å². The first-order chi connectivity index (χ1) is 15.3. The predicted octanol–water partition coefficient (Wildman–Crippen LogP) is 7.21. The summed E-state index contributed by atoms with van der Waals surface area (Å²) in [6.07, 6.45) is 7.85. The number of carbonyl (C=O) groups is 2. The van der Waals surface area contributed by atoms with E-state index >= 15 is 0 Å². The minimum atomic E-state index is -0.121. The summed E-state index contributed by atoms with van der Waals surface area (Å²) in [5, 5.41) is 2.91. The van der Waals surface area contributed by atoms with Gasteiger partial charge < -0.3 is 15.0 Å². The number of allylic oxidation sites excluding steroid dienone is 5. The number of hydrogen-bond donors (Lipinski definition) is 1. The van der Waals surface area contributed by atoms with Crippen LogP contribution < -0.4 is 5.32 Å². The normalized spacial score (nSPS) is 13.1. The molecule has 0 aromatic carbocycles. The number of urea groups is 1. The molecule has 1 N–H and O–H groups in total. The number of fused-ring (bicyclic) bond motifs is 1. The van der Waals surface area contributed by atoms with Crippen LogP contribution in [0.1, 0.15) is 86.8 Å². The molecule has 2 amide bonds. The number of pyridine rings is 1. The van der Waals surface area contributed by atoms with Crippen molar-refractivity contribution in [1.29, 1.82) is 0 Å². The topological polar surface area (TPSA) is 62.3 Å². The Bertz CT molecular complexity index is 754. The average Bonchev–Trinajstić information content (AvgIpc) is 3.25. The summed E-state index contributed by atoms with van der Waals surface area (Å²) < 4.78 is 0. The van der Waals surface area contributed by atoms with Crippen LogP contribution in [0, 0.1) is 5.92 Å². The van der Waals surface area contributed by atoms with Crippen LogP contribution in [-0.4, -0.2) is 21.7 Å². The van der Waals surface area contributed by atoms with Gasteiger partial charge in [-0.25, -0.2) is 4.79 Å². The zero-order chi connectivity index (χ0) is 25.3. The fourth-order valence-electron chi connectivity index (χ4n) is 2.95. The molecule has 5 heteroatoms. The predicted molar refractivity (Wildman–Crippen MR) is 137 cm³/mol. The van der Waals surface area contributed by atoms with Crippen molar-refractivity contribution >= 4 is 11.8 Å². The highest BCUT2D eigenvalue weighted by Crippen LogP contribution is 2.22. The van der Waals surface area contributed by atoms with Crippen LogP contribution in [0.3, 0.4) is 0 Å². The highest BCUT2D eigenvalue weighted by Gasteiger charge is 2.23. The second-order valence-corrected chi connectivity index (χ2v) is 6.96. The van der Waals surface area contributed by atoms with Gasteiger partial charge in [-0.3, -0.25) is 4.98 Å². The fraction of sp³-hybridized carbons (Fsp3) is 0.519. The summed E-state index contributed by atoms with van der Waals surface area (Å²) in [4.78, 5) is 29.5. The van der Waals surface area contributed by atoms with Crippen molar-refractivity contribution < 1.29 is 9.59 Å². The van der Waals surface area contributed by atoms with Crippen molar-refractivity contribution in [3.8, 4) is 0 Å². The molecule has 2 heterocycles. The third-order valence-electron chi connectivity index (χ3n) is 4.60. The highest BCUT2D eigenvalue weighted by atomic mass is 16.2. The molecule has 1 aliphatic heterocycles. The molecule has 0 saturated heterocycles. The zero-order valence-corrected chi connectivity index (χ0v) is 22.0. The van der Waals surface area contributed by atoms with Gasteiger partial charge in [0, 0.05) is 37.6 Å². The fourth-order valence-corrected chi connectivity index (χ4v) is 2.95. The zero-order valence-electron chi connectivity index (χ0n) is 22.0. The third kappa shape index (κ3) is 11.1. The first-order valence-corrected chi connectivity index (χ1v) is 11.8. The maximum absolute atomic E-state index is 12.4. The second kappa shape index (κ2) is 17.9. The minimum Gasteiger partial charge on any atom is -0.316 e. The van der Waals surface area contributed by atoms with Crippen LogP contribution in [0.15, 0.2) is 54.0 Å². The number of hydrogen-bond acceptors (Lipinski definition) is 3. The standard InChI is InChI=1S/C21H27N3O2.3C2H6/c1-14(18(5)15(2)10-17(4)25)6-7-16(3)23-21(26)24-12-19-8-9-22-11-20(19)13-24;3*1-2/h6-9,11,15H,5,10,12-13H2,1-4H3,(H,23,26);3*1-2H3/b14-6+,16-7+;;;. The molecule has 5 nitrogen and oxygen atoms in total. The van der Waals surface area contributed by atoms with Gasteiger partial charge >= 0.3 is 6.03 Å². The van der Waals surface area contributed by atoms with Gasteiger partial charge in [0.25, 0.3) is 0 Å². The van der Waals surface area contributed by atoms with Crippen LogP contribution in [-0.2, 0) is 17.9 Å². The SMILES string of the molecule is C=C(/C(C)=C/C=C(\C)NC(=O)N1Cc2ccncc2C1)C(C)CC(C)=O.CC.CC.CC. The lowest BCUT2D eigenvalue weighted by Crippen LogP contribution is -2.35. The number of aromatic nitrogens is 1. The van der Waals surface area contributed by atoms with E-state index in [9.17, 15) is 9.59 Å². The molecule has 0 radical (unpaired) electrons. The molecule has 0 saturated carbocycles. The lowest BCUT2D eigenvalue weighted by Gasteiger charge is -2.16. The Labute approximate surface area is 196 Å². The molecule has 0 aliphatic carbocycles. The van der Waals surface area contributed by atoms with E-state index in [1.807, 2.05) is 86.7 Å². The minimum absolute atomic E-state index is 0.115. The molecule has 1 aromatic heterocycles. The summed E-state index contributed by atoms with van der Waals surface area (Å²) in [6, 6.07) is 1.83. The molecule has 1 atom stereocenters. The number of ketones is 1. The summed E-state index contributed by atoms with van der Waals surface area (Å²) in [7, 11) is 0. The summed E-state index contributed by atoms with van der Waals surface area (Å²) in [5.41, 5.74) is 4.94. The summed E-state index contributed by atoms with van der Waals surface area (Å²) >= 11 is 0. The van der Waals surface area contributed by atoms with Crippen molar-refractivity contribution in [2.45, 2.75) is 88.7 Å². The van der Waals surface area contributed by atoms with E-state index in [2.05, 4.69) is 16.9 Å². The van der Waals surface area contributed by atoms with E-state index in [1.165, 1.54) is 0 Å². The Balaban J connectivity index is 0. The number of nitrogens with zero attached hydrogens (tertiary/aromatic N) is 2. The van der Waals surface area contributed by atoms with Gasteiger partial charge in [0.15, 0.2) is 0 Å². The van der Waals surface area contributed by atoms with Crippen molar-refractivity contribution in [3.05, 3.63) is 65.2 Å². The second-order valence-electron chi connectivity index (χ2n) is 6.96. The Kier molecular flexibility index (Phi) is 17.7. The number of nitrogens with one attached hydrogen (secondary N) is 1. The maximum atomic E-state index is 12.4. The molecular formula is C27H45N3O2. The van der Waals surface area contributed by atoms with E-state index in [-0.39, 0.29) is 17.7 Å². The van der Waals surface area contributed by atoms with Gasteiger partial charge in [0.05, 0.1) is 0 Å². The lowest BCUT2D eigenvalue weighted by molar-refractivity contribution is -0.117. The van der Waals surface area contributed by atoms with Crippen molar-refractivity contribution in [2.24, 2.45) is 5.92 Å². The molecule has 1 unspecified atom stereocenters. The van der Waals surface area contributed by atoms with E-state index in [1.54, 1.807) is 18.0 Å². The van der Waals surface area contributed by atoms with Gasteiger partial charge in [0.2, 0.25) is 0 Å².